The number of fused-ring (bicyclic) bond motifs is 1. The quantitative estimate of drug-likeness (QED) is 0.784. The van der Waals surface area contributed by atoms with Gasteiger partial charge in [0.15, 0.2) is 17.1 Å². The molecule has 0 radical (unpaired) electrons. The zero-order valence-electron chi connectivity index (χ0n) is 16.2. The van der Waals surface area contributed by atoms with Crippen LogP contribution < -0.4 is 15.4 Å². The summed E-state index contributed by atoms with van der Waals surface area (Å²) >= 11 is 0. The number of carbonyl (C=O) groups excluding carboxylic acids is 1. The van der Waals surface area contributed by atoms with Crippen LogP contribution >= 0.6 is 0 Å². The van der Waals surface area contributed by atoms with Gasteiger partial charge < -0.3 is 19.8 Å². The highest BCUT2D eigenvalue weighted by atomic mass is 16.5. The topological polar surface area (TPSA) is 63.5 Å². The van der Waals surface area contributed by atoms with Gasteiger partial charge >= 0.3 is 0 Å². The highest BCUT2D eigenvalue weighted by Crippen LogP contribution is 2.32. The first-order valence-corrected chi connectivity index (χ1v) is 10.4. The van der Waals surface area contributed by atoms with Crippen molar-refractivity contribution in [2.24, 2.45) is 0 Å². The van der Waals surface area contributed by atoms with Crippen LogP contribution in [0.2, 0.25) is 0 Å². The average Bonchev–Trinajstić information content (AvgIpc) is 3.37. The molecule has 0 spiro atoms. The average molecular weight is 370 g/mol. The number of carbonyl (C=O) groups is 1. The van der Waals surface area contributed by atoms with Gasteiger partial charge in [-0.2, -0.15) is 0 Å². The SMILES string of the molecule is COc1ccc(CNC2CCCC2)c2cc(C(=O)NC3CCCCC3)oc12. The van der Waals surface area contributed by atoms with Crippen molar-refractivity contribution in [3.05, 3.63) is 29.5 Å². The maximum absolute atomic E-state index is 12.7. The first-order valence-electron chi connectivity index (χ1n) is 10.4. The van der Waals surface area contributed by atoms with Crippen LogP contribution in [0.4, 0.5) is 0 Å². The number of ether oxygens (including phenoxy) is 1. The molecular formula is C22H30N2O3. The van der Waals surface area contributed by atoms with Crippen LogP contribution in [0, 0.1) is 0 Å². The Bertz CT molecular complexity index is 786. The molecule has 5 nitrogen and oxygen atoms in total. The molecule has 0 saturated heterocycles. The molecule has 0 bridgehead atoms. The Morgan fingerprint density at radius 3 is 2.52 bits per heavy atom. The molecule has 2 aliphatic rings. The van der Waals surface area contributed by atoms with E-state index >= 15 is 0 Å². The van der Waals surface area contributed by atoms with Gasteiger partial charge in [0.05, 0.1) is 7.11 Å². The van der Waals surface area contributed by atoms with Crippen LogP contribution in [0.3, 0.4) is 0 Å². The van der Waals surface area contributed by atoms with Crippen LogP contribution in [-0.4, -0.2) is 25.1 Å². The van der Waals surface area contributed by atoms with Crippen LogP contribution in [0.5, 0.6) is 5.75 Å². The van der Waals surface area contributed by atoms with Gasteiger partial charge in [0.25, 0.3) is 5.91 Å². The van der Waals surface area contributed by atoms with Gasteiger partial charge in [-0.15, -0.1) is 0 Å². The molecule has 1 aromatic carbocycles. The van der Waals surface area contributed by atoms with Crippen molar-refractivity contribution in [2.45, 2.75) is 76.4 Å². The third kappa shape index (κ3) is 4.13. The van der Waals surface area contributed by atoms with E-state index in [-0.39, 0.29) is 11.9 Å². The Balaban J connectivity index is 1.54. The molecule has 27 heavy (non-hydrogen) atoms. The third-order valence-electron chi connectivity index (χ3n) is 6.06. The molecule has 1 aromatic heterocycles. The maximum Gasteiger partial charge on any atom is 0.287 e. The molecule has 1 heterocycles. The summed E-state index contributed by atoms with van der Waals surface area (Å²) < 4.78 is 11.4. The van der Waals surface area contributed by atoms with E-state index in [9.17, 15) is 4.79 Å². The Labute approximate surface area is 160 Å². The molecule has 0 aliphatic heterocycles. The van der Waals surface area contributed by atoms with E-state index in [1.165, 1.54) is 44.9 Å². The molecule has 2 N–H and O–H groups in total. The lowest BCUT2D eigenvalue weighted by Gasteiger charge is -2.22. The van der Waals surface area contributed by atoms with Crippen molar-refractivity contribution in [2.75, 3.05) is 7.11 Å². The second-order valence-electron chi connectivity index (χ2n) is 7.95. The summed E-state index contributed by atoms with van der Waals surface area (Å²) in [5, 5.41) is 7.76. The van der Waals surface area contributed by atoms with E-state index in [0.29, 0.717) is 23.1 Å². The number of benzene rings is 1. The van der Waals surface area contributed by atoms with Crippen LogP contribution in [-0.2, 0) is 6.54 Å². The van der Waals surface area contributed by atoms with E-state index in [4.69, 9.17) is 9.15 Å². The lowest BCUT2D eigenvalue weighted by molar-refractivity contribution is 0.0901. The molecule has 5 heteroatoms. The minimum Gasteiger partial charge on any atom is -0.493 e. The molecule has 2 aromatic rings. The standard InChI is InChI=1S/C22H30N2O3/c1-26-19-12-11-15(14-23-16-7-5-6-8-16)18-13-20(27-21(18)19)22(25)24-17-9-3-2-4-10-17/h11-13,16-17,23H,2-10,14H2,1H3,(H,24,25). The van der Waals surface area contributed by atoms with E-state index in [0.717, 1.165) is 30.3 Å². The van der Waals surface area contributed by atoms with Crippen molar-refractivity contribution in [1.29, 1.82) is 0 Å². The number of nitrogens with one attached hydrogen (secondary N) is 2. The normalized spacial score (nSPS) is 18.9. The van der Waals surface area contributed by atoms with E-state index in [1.807, 2.05) is 12.1 Å². The summed E-state index contributed by atoms with van der Waals surface area (Å²) in [5.41, 5.74) is 1.81. The van der Waals surface area contributed by atoms with Crippen LogP contribution in [0.25, 0.3) is 11.0 Å². The molecule has 2 fully saturated rings. The van der Waals surface area contributed by atoms with Crippen molar-refractivity contribution in [3.63, 3.8) is 0 Å². The zero-order chi connectivity index (χ0) is 18.6. The summed E-state index contributed by atoms with van der Waals surface area (Å²) in [6, 6.07) is 6.75. The van der Waals surface area contributed by atoms with E-state index < -0.39 is 0 Å². The van der Waals surface area contributed by atoms with E-state index in [2.05, 4.69) is 16.7 Å². The van der Waals surface area contributed by atoms with Gasteiger partial charge in [-0.3, -0.25) is 4.79 Å². The molecule has 2 saturated carbocycles. The highest BCUT2D eigenvalue weighted by molar-refractivity contribution is 5.98. The fourth-order valence-electron chi connectivity index (χ4n) is 4.47. The number of hydrogen-bond donors (Lipinski definition) is 2. The van der Waals surface area contributed by atoms with Crippen molar-refractivity contribution in [3.8, 4) is 5.75 Å². The van der Waals surface area contributed by atoms with Gasteiger partial charge in [0.1, 0.15) is 0 Å². The molecule has 0 unspecified atom stereocenters. The van der Waals surface area contributed by atoms with Gasteiger partial charge in [0, 0.05) is 24.0 Å². The summed E-state index contributed by atoms with van der Waals surface area (Å²) in [4.78, 5) is 12.7. The predicted molar refractivity (Wildman–Crippen MR) is 106 cm³/mol. The fraction of sp³-hybridized carbons (Fsp3) is 0.591. The summed E-state index contributed by atoms with van der Waals surface area (Å²) in [5.74, 6) is 0.934. The molecular weight excluding hydrogens is 340 g/mol. The number of rotatable bonds is 6. The van der Waals surface area contributed by atoms with Crippen molar-refractivity contribution < 1.29 is 13.9 Å². The van der Waals surface area contributed by atoms with Gasteiger partial charge in [-0.25, -0.2) is 0 Å². The zero-order valence-corrected chi connectivity index (χ0v) is 16.2. The minimum absolute atomic E-state index is 0.116. The second kappa shape index (κ2) is 8.34. The number of methoxy groups -OCH3 is 1. The first-order chi connectivity index (χ1) is 13.2. The van der Waals surface area contributed by atoms with Gasteiger partial charge in [-0.05, 0) is 43.4 Å². The Morgan fingerprint density at radius 2 is 1.78 bits per heavy atom. The first kappa shape index (κ1) is 18.4. The van der Waals surface area contributed by atoms with E-state index in [1.54, 1.807) is 7.11 Å². The van der Waals surface area contributed by atoms with Crippen molar-refractivity contribution in [1.82, 2.24) is 10.6 Å². The monoisotopic (exact) mass is 370 g/mol. The number of hydrogen-bond acceptors (Lipinski definition) is 4. The lowest BCUT2D eigenvalue weighted by atomic mass is 9.95. The maximum atomic E-state index is 12.7. The second-order valence-corrected chi connectivity index (χ2v) is 7.95. The number of amides is 1. The third-order valence-corrected chi connectivity index (χ3v) is 6.06. The molecule has 4 rings (SSSR count). The van der Waals surface area contributed by atoms with Crippen LogP contribution in [0.1, 0.15) is 73.9 Å². The largest absolute Gasteiger partial charge is 0.493 e. The summed E-state index contributed by atoms with van der Waals surface area (Å²) in [7, 11) is 1.63. The predicted octanol–water partition coefficient (Wildman–Crippen LogP) is 4.54. The highest BCUT2D eigenvalue weighted by Gasteiger charge is 2.22. The smallest absolute Gasteiger partial charge is 0.287 e. The molecule has 0 atom stereocenters. The van der Waals surface area contributed by atoms with Gasteiger partial charge in [0.2, 0.25) is 0 Å². The summed E-state index contributed by atoms with van der Waals surface area (Å²) in [6.45, 7) is 0.786. The molecule has 146 valence electrons. The number of furan rings is 1. The Kier molecular flexibility index (Phi) is 5.67. The van der Waals surface area contributed by atoms with Crippen molar-refractivity contribution >= 4 is 16.9 Å². The lowest BCUT2D eigenvalue weighted by Crippen LogP contribution is -2.35. The fourth-order valence-corrected chi connectivity index (χ4v) is 4.47. The Morgan fingerprint density at radius 1 is 1.07 bits per heavy atom. The minimum atomic E-state index is -0.116. The Hall–Kier alpha value is -2.01. The summed E-state index contributed by atoms with van der Waals surface area (Å²) in [6.07, 6.45) is 10.9. The molecule has 1 amide bonds. The van der Waals surface area contributed by atoms with Crippen LogP contribution in [0.15, 0.2) is 22.6 Å². The van der Waals surface area contributed by atoms with Gasteiger partial charge in [-0.1, -0.05) is 38.2 Å². The molecule has 2 aliphatic carbocycles.